The lowest BCUT2D eigenvalue weighted by Crippen LogP contribution is -2.55. The Hall–Kier alpha value is -3.22. The van der Waals surface area contributed by atoms with Gasteiger partial charge in [0, 0.05) is 49.9 Å². The number of fused-ring (bicyclic) bond motifs is 1. The molecule has 2 aliphatic heterocycles. The molecule has 214 valence electrons. The number of alkyl halides is 2. The zero-order chi connectivity index (χ0) is 29.2. The van der Waals surface area contributed by atoms with Crippen molar-refractivity contribution in [3.63, 3.8) is 0 Å². The van der Waals surface area contributed by atoms with E-state index < -0.39 is 55.7 Å². The highest BCUT2D eigenvalue weighted by molar-refractivity contribution is 7.48. The quantitative estimate of drug-likeness (QED) is 0.324. The van der Waals surface area contributed by atoms with E-state index in [1.807, 2.05) is 0 Å². The highest BCUT2D eigenvalue weighted by Gasteiger charge is 2.44. The van der Waals surface area contributed by atoms with Crippen LogP contribution in [0, 0.1) is 0 Å². The van der Waals surface area contributed by atoms with E-state index >= 15 is 0 Å². The Labute approximate surface area is 232 Å². The van der Waals surface area contributed by atoms with Gasteiger partial charge in [0.1, 0.15) is 12.8 Å². The van der Waals surface area contributed by atoms with Crippen molar-refractivity contribution >= 4 is 43.1 Å². The molecule has 0 aromatic heterocycles. The Bertz CT molecular complexity index is 1380. The summed E-state index contributed by atoms with van der Waals surface area (Å²) in [4.78, 5) is 52.9. The van der Waals surface area contributed by atoms with Crippen molar-refractivity contribution in [2.24, 2.45) is 0 Å². The third kappa shape index (κ3) is 5.93. The Morgan fingerprint density at radius 3 is 2.45 bits per heavy atom. The average molecular weight is 600 g/mol. The van der Waals surface area contributed by atoms with Crippen LogP contribution < -0.4 is 5.32 Å². The first-order valence-corrected chi connectivity index (χ1v) is 13.8. The van der Waals surface area contributed by atoms with E-state index in [9.17, 15) is 32.5 Å². The number of phosphoric ester groups is 1. The second-order valence-electron chi connectivity index (χ2n) is 8.97. The number of benzene rings is 2. The van der Waals surface area contributed by atoms with Gasteiger partial charge in [-0.3, -0.25) is 37.6 Å². The molecule has 2 aromatic carbocycles. The third-order valence-electron chi connectivity index (χ3n) is 6.60. The Balaban J connectivity index is 1.42. The molecule has 2 heterocycles. The summed E-state index contributed by atoms with van der Waals surface area (Å²) < 4.78 is 55.6. The van der Waals surface area contributed by atoms with Gasteiger partial charge in [-0.25, -0.2) is 4.57 Å². The summed E-state index contributed by atoms with van der Waals surface area (Å²) in [6, 6.07) is 8.25. The maximum atomic E-state index is 14.6. The predicted molar refractivity (Wildman–Crippen MR) is 136 cm³/mol. The minimum absolute atomic E-state index is 0.0187. The van der Waals surface area contributed by atoms with Gasteiger partial charge in [-0.1, -0.05) is 35.9 Å². The molecule has 0 saturated carbocycles. The fraction of sp³-hybridized carbons (Fsp3) is 0.360. The van der Waals surface area contributed by atoms with Gasteiger partial charge >= 0.3 is 13.7 Å². The predicted octanol–water partition coefficient (Wildman–Crippen LogP) is 3.60. The maximum Gasteiger partial charge on any atom is 0.475 e. The van der Waals surface area contributed by atoms with E-state index in [0.717, 1.165) is 31.3 Å². The van der Waals surface area contributed by atoms with Crippen molar-refractivity contribution in [2.45, 2.75) is 37.9 Å². The van der Waals surface area contributed by atoms with Crippen molar-refractivity contribution in [3.05, 3.63) is 69.7 Å². The van der Waals surface area contributed by atoms with Crippen LogP contribution in [0.4, 0.5) is 8.78 Å². The summed E-state index contributed by atoms with van der Waals surface area (Å²) in [5, 5.41) is 2.46. The highest BCUT2D eigenvalue weighted by atomic mass is 35.5. The average Bonchev–Trinajstić information content (AvgIpc) is 3.26. The number of hydrogen-bond donors (Lipinski definition) is 1. The van der Waals surface area contributed by atoms with Gasteiger partial charge in [0.25, 0.3) is 17.7 Å². The van der Waals surface area contributed by atoms with E-state index in [-0.39, 0.29) is 31.0 Å². The van der Waals surface area contributed by atoms with Crippen LogP contribution in [0.25, 0.3) is 0 Å². The number of phosphoric acid groups is 1. The van der Waals surface area contributed by atoms with Gasteiger partial charge in [0.15, 0.2) is 0 Å². The summed E-state index contributed by atoms with van der Waals surface area (Å²) in [6.45, 7) is -0.901. The lowest BCUT2D eigenvalue weighted by atomic mass is 10.0. The molecule has 2 aromatic rings. The molecule has 1 fully saturated rings. The molecule has 0 aliphatic carbocycles. The molecule has 11 nitrogen and oxygen atoms in total. The number of carbonyl (C=O) groups is 4. The molecule has 4 amide bonds. The Morgan fingerprint density at radius 1 is 1.12 bits per heavy atom. The summed E-state index contributed by atoms with van der Waals surface area (Å²) >= 11 is 5.73. The van der Waals surface area contributed by atoms with Crippen LogP contribution in [0.15, 0.2) is 42.5 Å². The minimum atomic E-state index is -3.96. The second kappa shape index (κ2) is 11.7. The number of amides is 4. The minimum Gasteiger partial charge on any atom is -0.346 e. The topological polar surface area (TPSA) is 132 Å². The molecular formula is C25H25ClF2N3O8P. The fourth-order valence-corrected chi connectivity index (χ4v) is 5.14. The van der Waals surface area contributed by atoms with Crippen molar-refractivity contribution < 1.29 is 46.1 Å². The van der Waals surface area contributed by atoms with Crippen molar-refractivity contribution in [1.29, 1.82) is 0 Å². The van der Waals surface area contributed by atoms with E-state index in [4.69, 9.17) is 16.1 Å². The highest BCUT2D eigenvalue weighted by Crippen LogP contribution is 2.47. The number of piperidine rings is 1. The van der Waals surface area contributed by atoms with Crippen molar-refractivity contribution in [2.75, 3.05) is 21.0 Å². The molecule has 1 saturated heterocycles. The number of rotatable bonds is 10. The number of hydrogen-bond acceptors (Lipinski definition) is 8. The van der Waals surface area contributed by atoms with Crippen LogP contribution in [0.3, 0.4) is 0 Å². The molecule has 2 aliphatic rings. The molecular weight excluding hydrogens is 575 g/mol. The van der Waals surface area contributed by atoms with E-state index in [2.05, 4.69) is 14.4 Å². The Morgan fingerprint density at radius 2 is 1.80 bits per heavy atom. The summed E-state index contributed by atoms with van der Waals surface area (Å²) in [7, 11) is -1.80. The standard InChI is InChI=1S/C25H25ClF2N3O8P/c1-37-40(36,38-2)39-14-31-21(32)10-9-20(23(31)34)30-13-16-11-15(3-8-19(16)22(30)33)12-29-24(35)25(27,28)17-4-6-18(26)7-5-17/h3-8,11,20H,9-10,12-14H2,1-2H3,(H,29,35). The molecule has 4 rings (SSSR count). The number of nitrogens with one attached hydrogen (secondary N) is 1. The van der Waals surface area contributed by atoms with Crippen LogP contribution in [-0.4, -0.2) is 60.4 Å². The molecule has 0 radical (unpaired) electrons. The van der Waals surface area contributed by atoms with Crippen LogP contribution in [0.5, 0.6) is 0 Å². The van der Waals surface area contributed by atoms with Gasteiger partial charge < -0.3 is 10.2 Å². The van der Waals surface area contributed by atoms with Crippen molar-refractivity contribution in [1.82, 2.24) is 15.1 Å². The molecule has 1 N–H and O–H groups in total. The van der Waals surface area contributed by atoms with E-state index in [1.165, 1.54) is 29.2 Å². The second-order valence-corrected chi connectivity index (χ2v) is 11.3. The monoisotopic (exact) mass is 599 g/mol. The number of imide groups is 1. The normalized spacial score (nSPS) is 17.8. The summed E-state index contributed by atoms with van der Waals surface area (Å²) in [5.74, 6) is -7.03. The van der Waals surface area contributed by atoms with Gasteiger partial charge in [-0.2, -0.15) is 8.78 Å². The SMILES string of the molecule is COP(=O)(OC)OCN1C(=O)CCC(N2Cc3cc(CNC(=O)C(F)(F)c4ccc(Cl)cc4)ccc3C2=O)C1=O. The molecule has 0 bridgehead atoms. The molecule has 1 atom stereocenters. The molecule has 0 spiro atoms. The lowest BCUT2D eigenvalue weighted by molar-refractivity contribution is -0.156. The molecule has 40 heavy (non-hydrogen) atoms. The number of likely N-dealkylation sites (tertiary alicyclic amines) is 1. The fourth-order valence-electron chi connectivity index (χ4n) is 4.40. The van der Waals surface area contributed by atoms with Crippen LogP contribution in [-0.2, 0) is 51.5 Å². The van der Waals surface area contributed by atoms with Crippen LogP contribution >= 0.6 is 19.4 Å². The molecule has 1 unspecified atom stereocenters. The van der Waals surface area contributed by atoms with E-state index in [1.54, 1.807) is 6.07 Å². The zero-order valence-electron chi connectivity index (χ0n) is 21.4. The number of nitrogens with zero attached hydrogens (tertiary/aromatic N) is 2. The summed E-state index contributed by atoms with van der Waals surface area (Å²) in [5.41, 5.74) is 0.782. The van der Waals surface area contributed by atoms with Crippen LogP contribution in [0.1, 0.15) is 39.9 Å². The first-order valence-electron chi connectivity index (χ1n) is 12.0. The first-order chi connectivity index (χ1) is 18.9. The largest absolute Gasteiger partial charge is 0.475 e. The zero-order valence-corrected chi connectivity index (χ0v) is 23.0. The van der Waals surface area contributed by atoms with Crippen LogP contribution in [0.2, 0.25) is 5.02 Å². The maximum absolute atomic E-state index is 14.6. The molecule has 15 heteroatoms. The third-order valence-corrected chi connectivity index (χ3v) is 8.18. The van der Waals surface area contributed by atoms with Crippen molar-refractivity contribution in [3.8, 4) is 0 Å². The van der Waals surface area contributed by atoms with E-state index in [0.29, 0.717) is 16.7 Å². The number of carbonyl (C=O) groups excluding carboxylic acids is 4. The van der Waals surface area contributed by atoms with Gasteiger partial charge in [0.2, 0.25) is 5.91 Å². The lowest BCUT2D eigenvalue weighted by Gasteiger charge is -2.35. The van der Waals surface area contributed by atoms with Gasteiger partial charge in [0.05, 0.1) is 0 Å². The first kappa shape index (κ1) is 29.8. The Kier molecular flexibility index (Phi) is 8.72. The number of halogens is 3. The summed E-state index contributed by atoms with van der Waals surface area (Å²) in [6.07, 6.45) is 0.00603. The van der Waals surface area contributed by atoms with Gasteiger partial charge in [-0.15, -0.1) is 0 Å². The smallest absolute Gasteiger partial charge is 0.346 e. The van der Waals surface area contributed by atoms with Gasteiger partial charge in [-0.05, 0) is 35.7 Å².